The first-order valence-corrected chi connectivity index (χ1v) is 4.90. The highest BCUT2D eigenvalue weighted by Crippen LogP contribution is 2.18. The summed E-state index contributed by atoms with van der Waals surface area (Å²) in [5, 5.41) is 18.0. The summed E-state index contributed by atoms with van der Waals surface area (Å²) in [6, 6.07) is 0. The molecular weight excluding hydrogens is 178 g/mol. The summed E-state index contributed by atoms with van der Waals surface area (Å²) in [6.45, 7) is -0.348. The Hall–Kier alpha value is -0.640. The van der Waals surface area contributed by atoms with E-state index in [0.717, 1.165) is 12.8 Å². The fraction of sp³-hybridized carbons (Fsp3) is 0.545. The minimum Gasteiger partial charge on any atom is -0.394 e. The van der Waals surface area contributed by atoms with E-state index < -0.39 is 5.54 Å². The van der Waals surface area contributed by atoms with Crippen molar-refractivity contribution in [3.63, 3.8) is 0 Å². The van der Waals surface area contributed by atoms with Crippen molar-refractivity contribution in [2.75, 3.05) is 13.2 Å². The number of hydrogen-bond acceptors (Lipinski definition) is 3. The first-order chi connectivity index (χ1) is 6.70. The number of hydrogen-bond donors (Lipinski definition) is 3. The monoisotopic (exact) mass is 196 g/mol. The smallest absolute Gasteiger partial charge is 0.0633 e. The standard InChI is InChI=1S/C11H18NO2/c12-11(8-13,9-14)7-6-10-4-2-1-3-5-10/h1-2,4-5,13-14H,3,6-9,12H2. The van der Waals surface area contributed by atoms with Crippen LogP contribution in [0.25, 0.3) is 0 Å². The summed E-state index contributed by atoms with van der Waals surface area (Å²) in [5.74, 6) is 0. The van der Waals surface area contributed by atoms with Crippen LogP contribution in [0.3, 0.4) is 0 Å². The Morgan fingerprint density at radius 1 is 1.36 bits per heavy atom. The quantitative estimate of drug-likeness (QED) is 0.601. The van der Waals surface area contributed by atoms with E-state index in [4.69, 9.17) is 15.9 Å². The van der Waals surface area contributed by atoms with Gasteiger partial charge < -0.3 is 15.9 Å². The first-order valence-electron chi connectivity index (χ1n) is 4.90. The SMILES string of the molecule is NC(CO)(CO)CCC1=CC[CH]C=C1. The van der Waals surface area contributed by atoms with Gasteiger partial charge in [-0.3, -0.25) is 0 Å². The maximum absolute atomic E-state index is 8.99. The summed E-state index contributed by atoms with van der Waals surface area (Å²) < 4.78 is 0. The molecule has 0 aliphatic heterocycles. The molecule has 14 heavy (non-hydrogen) atoms. The van der Waals surface area contributed by atoms with Crippen LogP contribution in [0.5, 0.6) is 0 Å². The van der Waals surface area contributed by atoms with Crippen LogP contribution in [-0.2, 0) is 0 Å². The van der Waals surface area contributed by atoms with E-state index in [9.17, 15) is 0 Å². The third kappa shape index (κ3) is 3.25. The molecule has 0 atom stereocenters. The molecule has 0 aromatic heterocycles. The summed E-state index contributed by atoms with van der Waals surface area (Å²) in [7, 11) is 0. The zero-order valence-electron chi connectivity index (χ0n) is 8.32. The van der Waals surface area contributed by atoms with Gasteiger partial charge in [0.1, 0.15) is 0 Å². The maximum Gasteiger partial charge on any atom is 0.0633 e. The van der Waals surface area contributed by atoms with Crippen molar-refractivity contribution in [3.05, 3.63) is 30.2 Å². The number of aliphatic hydroxyl groups excluding tert-OH is 2. The van der Waals surface area contributed by atoms with Gasteiger partial charge >= 0.3 is 0 Å². The molecule has 0 heterocycles. The molecule has 0 aromatic rings. The Labute approximate surface area is 84.9 Å². The number of rotatable bonds is 5. The average Bonchev–Trinajstić information content (AvgIpc) is 2.27. The first kappa shape index (κ1) is 11.4. The van der Waals surface area contributed by atoms with Crippen LogP contribution in [0, 0.1) is 6.42 Å². The number of nitrogens with two attached hydrogens (primary N) is 1. The third-order valence-corrected chi connectivity index (χ3v) is 2.50. The lowest BCUT2D eigenvalue weighted by Gasteiger charge is -2.24. The Balaban J connectivity index is 2.38. The van der Waals surface area contributed by atoms with Gasteiger partial charge in [0.05, 0.1) is 18.8 Å². The van der Waals surface area contributed by atoms with E-state index in [0.29, 0.717) is 6.42 Å². The minimum atomic E-state index is -0.837. The van der Waals surface area contributed by atoms with Crippen LogP contribution >= 0.6 is 0 Å². The van der Waals surface area contributed by atoms with Gasteiger partial charge in [-0.05, 0) is 25.7 Å². The van der Waals surface area contributed by atoms with E-state index >= 15 is 0 Å². The van der Waals surface area contributed by atoms with Crippen LogP contribution in [-0.4, -0.2) is 29.0 Å². The summed E-state index contributed by atoms with van der Waals surface area (Å²) in [6.07, 6.45) is 10.6. The molecule has 0 spiro atoms. The van der Waals surface area contributed by atoms with Gasteiger partial charge in [0.25, 0.3) is 0 Å². The highest BCUT2D eigenvalue weighted by atomic mass is 16.3. The maximum atomic E-state index is 8.99. The molecule has 3 heteroatoms. The molecule has 0 unspecified atom stereocenters. The van der Waals surface area contributed by atoms with Crippen molar-refractivity contribution in [1.29, 1.82) is 0 Å². The predicted octanol–water partition coefficient (Wildman–Crippen LogP) is 0.539. The average molecular weight is 196 g/mol. The molecule has 4 N–H and O–H groups in total. The summed E-state index contributed by atoms with van der Waals surface area (Å²) in [5.41, 5.74) is 6.14. The lowest BCUT2D eigenvalue weighted by atomic mass is 9.92. The van der Waals surface area contributed by atoms with Gasteiger partial charge in [-0.1, -0.05) is 23.8 Å². The molecule has 1 aliphatic carbocycles. The normalized spacial score (nSPS) is 16.9. The van der Waals surface area contributed by atoms with Gasteiger partial charge in [-0.2, -0.15) is 0 Å². The summed E-state index contributed by atoms with van der Waals surface area (Å²) >= 11 is 0. The molecule has 0 fully saturated rings. The lowest BCUT2D eigenvalue weighted by Crippen LogP contribution is -2.47. The molecule has 1 rings (SSSR count). The van der Waals surface area contributed by atoms with E-state index in [1.54, 1.807) is 0 Å². The molecule has 3 nitrogen and oxygen atoms in total. The van der Waals surface area contributed by atoms with Gasteiger partial charge in [0.15, 0.2) is 0 Å². The summed E-state index contributed by atoms with van der Waals surface area (Å²) in [4.78, 5) is 0. The molecule has 1 radical (unpaired) electrons. The molecule has 1 aliphatic rings. The fourth-order valence-corrected chi connectivity index (χ4v) is 1.34. The van der Waals surface area contributed by atoms with Crippen molar-refractivity contribution in [2.24, 2.45) is 5.73 Å². The van der Waals surface area contributed by atoms with Crippen molar-refractivity contribution in [1.82, 2.24) is 0 Å². The Bertz CT molecular complexity index is 229. The van der Waals surface area contributed by atoms with E-state index in [-0.39, 0.29) is 13.2 Å². The molecule has 79 valence electrons. The molecule has 0 amide bonds. The number of aliphatic hydroxyl groups is 2. The molecular formula is C11H18NO2. The van der Waals surface area contributed by atoms with Crippen LogP contribution in [0.15, 0.2) is 23.8 Å². The predicted molar refractivity (Wildman–Crippen MR) is 56.5 cm³/mol. The van der Waals surface area contributed by atoms with E-state index in [1.807, 2.05) is 12.2 Å². The van der Waals surface area contributed by atoms with Gasteiger partial charge in [0.2, 0.25) is 0 Å². The van der Waals surface area contributed by atoms with Crippen LogP contribution in [0.1, 0.15) is 19.3 Å². The number of allylic oxidation sites excluding steroid dienone is 4. The van der Waals surface area contributed by atoms with Crippen molar-refractivity contribution < 1.29 is 10.2 Å². The van der Waals surface area contributed by atoms with Gasteiger partial charge in [-0.15, -0.1) is 0 Å². The van der Waals surface area contributed by atoms with Crippen LogP contribution < -0.4 is 5.73 Å². The van der Waals surface area contributed by atoms with E-state index in [1.165, 1.54) is 5.57 Å². The Morgan fingerprint density at radius 2 is 2.07 bits per heavy atom. The van der Waals surface area contributed by atoms with Gasteiger partial charge in [-0.25, -0.2) is 0 Å². The van der Waals surface area contributed by atoms with Crippen LogP contribution in [0.2, 0.25) is 0 Å². The zero-order valence-corrected chi connectivity index (χ0v) is 8.32. The molecule has 0 saturated heterocycles. The Kier molecular flexibility index (Phi) is 4.32. The lowest BCUT2D eigenvalue weighted by molar-refractivity contribution is 0.115. The van der Waals surface area contributed by atoms with Crippen molar-refractivity contribution in [3.8, 4) is 0 Å². The van der Waals surface area contributed by atoms with Crippen molar-refractivity contribution in [2.45, 2.75) is 24.8 Å². The second-order valence-electron chi connectivity index (χ2n) is 3.79. The fourth-order valence-electron chi connectivity index (χ4n) is 1.34. The molecule has 0 saturated carbocycles. The van der Waals surface area contributed by atoms with E-state index in [2.05, 4.69) is 12.5 Å². The second kappa shape index (κ2) is 5.29. The largest absolute Gasteiger partial charge is 0.394 e. The molecule has 0 aromatic carbocycles. The van der Waals surface area contributed by atoms with Crippen molar-refractivity contribution >= 4 is 0 Å². The van der Waals surface area contributed by atoms with Gasteiger partial charge in [0, 0.05) is 0 Å². The zero-order chi connectivity index (χ0) is 10.4. The second-order valence-corrected chi connectivity index (χ2v) is 3.79. The highest BCUT2D eigenvalue weighted by Gasteiger charge is 2.22. The highest BCUT2D eigenvalue weighted by molar-refractivity contribution is 5.26. The Morgan fingerprint density at radius 3 is 2.57 bits per heavy atom. The minimum absolute atomic E-state index is 0.174. The topological polar surface area (TPSA) is 66.5 Å². The molecule has 0 bridgehead atoms. The van der Waals surface area contributed by atoms with Crippen LogP contribution in [0.4, 0.5) is 0 Å². The third-order valence-electron chi connectivity index (χ3n) is 2.50.